The second-order valence-corrected chi connectivity index (χ2v) is 5.75. The molecule has 0 aromatic carbocycles. The molecule has 0 atom stereocenters. The maximum Gasteiger partial charge on any atom is 0.191 e. The van der Waals surface area contributed by atoms with Crippen molar-refractivity contribution in [1.82, 2.24) is 15.5 Å². The largest absolute Gasteiger partial charge is 0.357 e. The summed E-state index contributed by atoms with van der Waals surface area (Å²) in [6.07, 6.45) is 5.78. The minimum Gasteiger partial charge on any atom is -0.357 e. The first-order valence-electron chi connectivity index (χ1n) is 8.01. The SMILES string of the molecule is CCNC(=NCCCN(CC)CC)NCCCCSC.I. The first-order valence-corrected chi connectivity index (χ1v) is 9.41. The van der Waals surface area contributed by atoms with E-state index >= 15 is 0 Å². The fraction of sp³-hybridized carbons (Fsp3) is 0.933. The number of aliphatic imine (C=N–C) groups is 1. The molecule has 0 unspecified atom stereocenters. The van der Waals surface area contributed by atoms with E-state index < -0.39 is 0 Å². The molecule has 0 saturated carbocycles. The van der Waals surface area contributed by atoms with Crippen LogP contribution >= 0.6 is 35.7 Å². The van der Waals surface area contributed by atoms with Gasteiger partial charge in [0.2, 0.25) is 0 Å². The number of guanidine groups is 1. The highest BCUT2D eigenvalue weighted by molar-refractivity contribution is 14.0. The fourth-order valence-electron chi connectivity index (χ4n) is 1.94. The number of halogens is 1. The molecule has 0 spiro atoms. The smallest absolute Gasteiger partial charge is 0.191 e. The maximum absolute atomic E-state index is 4.63. The lowest BCUT2D eigenvalue weighted by molar-refractivity contribution is 0.302. The third-order valence-corrected chi connectivity index (χ3v) is 3.91. The molecule has 0 rings (SSSR count). The molecule has 128 valence electrons. The molecule has 2 N–H and O–H groups in total. The van der Waals surface area contributed by atoms with Gasteiger partial charge in [0.1, 0.15) is 0 Å². The van der Waals surface area contributed by atoms with Crippen LogP contribution in [0.3, 0.4) is 0 Å². The first-order chi connectivity index (χ1) is 9.78. The zero-order valence-corrected chi connectivity index (χ0v) is 17.4. The summed E-state index contributed by atoms with van der Waals surface area (Å²) in [6.45, 7) is 12.8. The third-order valence-electron chi connectivity index (χ3n) is 3.21. The molecule has 0 radical (unpaired) electrons. The van der Waals surface area contributed by atoms with Crippen molar-refractivity contribution in [3.8, 4) is 0 Å². The topological polar surface area (TPSA) is 39.7 Å². The van der Waals surface area contributed by atoms with Gasteiger partial charge in [-0.25, -0.2) is 0 Å². The average Bonchev–Trinajstić information content (AvgIpc) is 2.47. The van der Waals surface area contributed by atoms with Crippen molar-refractivity contribution in [3.05, 3.63) is 0 Å². The number of unbranched alkanes of at least 4 members (excludes halogenated alkanes) is 1. The lowest BCUT2D eigenvalue weighted by Gasteiger charge is -2.17. The summed E-state index contributed by atoms with van der Waals surface area (Å²) in [6, 6.07) is 0. The summed E-state index contributed by atoms with van der Waals surface area (Å²) < 4.78 is 0. The van der Waals surface area contributed by atoms with Crippen molar-refractivity contribution in [3.63, 3.8) is 0 Å². The van der Waals surface area contributed by atoms with Crippen LogP contribution in [0.1, 0.15) is 40.0 Å². The molecule has 6 heteroatoms. The van der Waals surface area contributed by atoms with E-state index in [0.717, 1.165) is 51.6 Å². The van der Waals surface area contributed by atoms with Gasteiger partial charge in [0.25, 0.3) is 0 Å². The highest BCUT2D eigenvalue weighted by Crippen LogP contribution is 1.97. The lowest BCUT2D eigenvalue weighted by Crippen LogP contribution is -2.38. The molecule has 0 fully saturated rings. The molecule has 0 heterocycles. The average molecular weight is 430 g/mol. The van der Waals surface area contributed by atoms with Crippen LogP contribution in [0.2, 0.25) is 0 Å². The number of hydrogen-bond donors (Lipinski definition) is 2. The zero-order valence-electron chi connectivity index (χ0n) is 14.3. The minimum atomic E-state index is 0. The number of thioether (sulfide) groups is 1. The molecule has 4 nitrogen and oxygen atoms in total. The fourth-order valence-corrected chi connectivity index (χ4v) is 2.44. The van der Waals surface area contributed by atoms with Crippen LogP contribution in [0.5, 0.6) is 0 Å². The summed E-state index contributed by atoms with van der Waals surface area (Å²) in [4.78, 5) is 7.08. The Kier molecular flexibility index (Phi) is 20.6. The van der Waals surface area contributed by atoms with Crippen LogP contribution < -0.4 is 10.6 Å². The van der Waals surface area contributed by atoms with Crippen molar-refractivity contribution in [2.24, 2.45) is 4.99 Å². The summed E-state index contributed by atoms with van der Waals surface area (Å²) in [5.74, 6) is 2.22. The van der Waals surface area contributed by atoms with Crippen molar-refractivity contribution >= 4 is 41.7 Å². The van der Waals surface area contributed by atoms with E-state index in [1.54, 1.807) is 0 Å². The number of hydrogen-bond acceptors (Lipinski definition) is 3. The second-order valence-electron chi connectivity index (χ2n) is 4.77. The van der Waals surface area contributed by atoms with E-state index in [9.17, 15) is 0 Å². The van der Waals surface area contributed by atoms with Gasteiger partial charge >= 0.3 is 0 Å². The molecule has 0 aliphatic heterocycles. The van der Waals surface area contributed by atoms with Crippen LogP contribution in [0.15, 0.2) is 4.99 Å². The Bertz CT molecular complexity index is 236. The van der Waals surface area contributed by atoms with E-state index in [0.29, 0.717) is 0 Å². The molecule has 21 heavy (non-hydrogen) atoms. The van der Waals surface area contributed by atoms with Crippen LogP contribution in [0, 0.1) is 0 Å². The summed E-state index contributed by atoms with van der Waals surface area (Å²) >= 11 is 1.92. The highest BCUT2D eigenvalue weighted by Gasteiger charge is 1.99. The van der Waals surface area contributed by atoms with Crippen LogP contribution in [0.4, 0.5) is 0 Å². The second kappa shape index (κ2) is 18.4. The number of nitrogens with one attached hydrogen (secondary N) is 2. The Balaban J connectivity index is 0. The van der Waals surface area contributed by atoms with Crippen LogP contribution in [0.25, 0.3) is 0 Å². The van der Waals surface area contributed by atoms with Crippen LogP contribution in [-0.2, 0) is 0 Å². The van der Waals surface area contributed by atoms with Gasteiger partial charge < -0.3 is 15.5 Å². The molecule has 0 aromatic rings. The standard InChI is InChI=1S/C15H34N4S.HI/c1-5-16-15(17-11-8-9-14-20-4)18-12-10-13-19(6-2)7-3;/h5-14H2,1-4H3,(H2,16,17,18);1H. The van der Waals surface area contributed by atoms with E-state index in [1.165, 1.54) is 18.6 Å². The Labute approximate surface area is 153 Å². The Hall–Kier alpha value is 0.310. The molecule has 0 amide bonds. The Morgan fingerprint density at radius 3 is 2.33 bits per heavy atom. The van der Waals surface area contributed by atoms with Crippen molar-refractivity contribution < 1.29 is 0 Å². The molecule has 0 aromatic heterocycles. The predicted molar refractivity (Wildman–Crippen MR) is 109 cm³/mol. The van der Waals surface area contributed by atoms with E-state index in [-0.39, 0.29) is 24.0 Å². The minimum absolute atomic E-state index is 0. The van der Waals surface area contributed by atoms with E-state index in [2.05, 4.69) is 47.6 Å². The van der Waals surface area contributed by atoms with E-state index in [1.807, 2.05) is 11.8 Å². The van der Waals surface area contributed by atoms with Gasteiger partial charge in [-0.05, 0) is 57.8 Å². The molecule has 0 bridgehead atoms. The summed E-state index contributed by atoms with van der Waals surface area (Å²) in [5, 5.41) is 6.72. The first kappa shape index (κ1) is 23.6. The van der Waals surface area contributed by atoms with E-state index in [4.69, 9.17) is 0 Å². The lowest BCUT2D eigenvalue weighted by atomic mass is 10.3. The van der Waals surface area contributed by atoms with Gasteiger partial charge in [0.15, 0.2) is 5.96 Å². The molecular formula is C15H35IN4S. The molecule has 0 aliphatic rings. The zero-order chi connectivity index (χ0) is 15.1. The summed E-state index contributed by atoms with van der Waals surface area (Å²) in [7, 11) is 0. The van der Waals surface area contributed by atoms with Gasteiger partial charge in [0.05, 0.1) is 0 Å². The summed E-state index contributed by atoms with van der Waals surface area (Å²) in [5.41, 5.74) is 0. The van der Waals surface area contributed by atoms with Gasteiger partial charge in [-0.2, -0.15) is 11.8 Å². The molecule has 0 aliphatic carbocycles. The van der Waals surface area contributed by atoms with Gasteiger partial charge in [0, 0.05) is 19.6 Å². The van der Waals surface area contributed by atoms with Crippen LogP contribution in [-0.4, -0.2) is 62.1 Å². The highest BCUT2D eigenvalue weighted by atomic mass is 127. The van der Waals surface area contributed by atoms with Crippen molar-refractivity contribution in [2.45, 2.75) is 40.0 Å². The van der Waals surface area contributed by atoms with Crippen molar-refractivity contribution in [2.75, 3.05) is 51.3 Å². The van der Waals surface area contributed by atoms with Gasteiger partial charge in [-0.1, -0.05) is 13.8 Å². The maximum atomic E-state index is 4.63. The Morgan fingerprint density at radius 2 is 1.76 bits per heavy atom. The quantitative estimate of drug-likeness (QED) is 0.216. The Morgan fingerprint density at radius 1 is 1.05 bits per heavy atom. The van der Waals surface area contributed by atoms with Crippen molar-refractivity contribution in [1.29, 1.82) is 0 Å². The third kappa shape index (κ3) is 15.0. The molecule has 0 saturated heterocycles. The number of rotatable bonds is 12. The predicted octanol–water partition coefficient (Wildman–Crippen LogP) is 3.03. The van der Waals surface area contributed by atoms with Gasteiger partial charge in [-0.3, -0.25) is 4.99 Å². The molecular weight excluding hydrogens is 395 g/mol. The van der Waals surface area contributed by atoms with Gasteiger partial charge in [-0.15, -0.1) is 24.0 Å². The monoisotopic (exact) mass is 430 g/mol. The number of nitrogens with zero attached hydrogens (tertiary/aromatic N) is 2. The normalized spacial score (nSPS) is 11.4.